The Balaban J connectivity index is 1.73. The molecule has 1 aliphatic rings. The van der Waals surface area contributed by atoms with E-state index >= 15 is 0 Å². The number of rotatable bonds is 4. The van der Waals surface area contributed by atoms with Gasteiger partial charge in [-0.2, -0.15) is 0 Å². The van der Waals surface area contributed by atoms with Gasteiger partial charge in [-0.1, -0.05) is 40.2 Å². The molecule has 0 aliphatic carbocycles. The van der Waals surface area contributed by atoms with Gasteiger partial charge in [0.05, 0.1) is 13.2 Å². The van der Waals surface area contributed by atoms with Crippen molar-refractivity contribution < 1.29 is 9.84 Å². The van der Waals surface area contributed by atoms with Crippen molar-refractivity contribution in [3.8, 4) is 5.75 Å². The van der Waals surface area contributed by atoms with Crippen molar-refractivity contribution in [3.63, 3.8) is 0 Å². The SMILES string of the molecule is OCc1cccc(CNC2CCOc3ccc(Br)cc32)c1. The molecule has 2 aromatic carbocycles. The molecule has 2 aromatic rings. The number of aliphatic hydroxyl groups excluding tert-OH is 1. The summed E-state index contributed by atoms with van der Waals surface area (Å²) >= 11 is 3.52. The van der Waals surface area contributed by atoms with Crippen molar-refractivity contribution in [2.75, 3.05) is 6.61 Å². The van der Waals surface area contributed by atoms with Crippen LogP contribution in [0.4, 0.5) is 0 Å². The third-order valence-corrected chi connectivity index (χ3v) is 4.23. The van der Waals surface area contributed by atoms with Gasteiger partial charge in [0.15, 0.2) is 0 Å². The number of hydrogen-bond acceptors (Lipinski definition) is 3. The Kier molecular flexibility index (Phi) is 4.58. The monoisotopic (exact) mass is 347 g/mol. The maximum Gasteiger partial charge on any atom is 0.124 e. The van der Waals surface area contributed by atoms with Gasteiger partial charge < -0.3 is 15.2 Å². The summed E-state index contributed by atoms with van der Waals surface area (Å²) in [6, 6.07) is 14.5. The highest BCUT2D eigenvalue weighted by Gasteiger charge is 2.21. The molecule has 0 aromatic heterocycles. The molecule has 3 rings (SSSR count). The number of ether oxygens (including phenoxy) is 1. The smallest absolute Gasteiger partial charge is 0.124 e. The Morgan fingerprint density at radius 1 is 1.19 bits per heavy atom. The number of nitrogens with one attached hydrogen (secondary N) is 1. The topological polar surface area (TPSA) is 41.5 Å². The van der Waals surface area contributed by atoms with E-state index in [1.165, 1.54) is 11.1 Å². The summed E-state index contributed by atoms with van der Waals surface area (Å²) in [4.78, 5) is 0. The summed E-state index contributed by atoms with van der Waals surface area (Å²) in [5.74, 6) is 0.964. The summed E-state index contributed by atoms with van der Waals surface area (Å²) in [6.45, 7) is 1.61. The molecule has 0 spiro atoms. The Hall–Kier alpha value is -1.36. The van der Waals surface area contributed by atoms with Crippen molar-refractivity contribution in [2.24, 2.45) is 0 Å². The number of benzene rings is 2. The zero-order valence-electron chi connectivity index (χ0n) is 11.7. The van der Waals surface area contributed by atoms with Crippen LogP contribution in [0.25, 0.3) is 0 Å². The fourth-order valence-corrected chi connectivity index (χ4v) is 3.04. The van der Waals surface area contributed by atoms with Crippen LogP contribution in [0.5, 0.6) is 5.75 Å². The summed E-state index contributed by atoms with van der Waals surface area (Å²) in [6.07, 6.45) is 0.961. The molecule has 1 atom stereocenters. The van der Waals surface area contributed by atoms with Crippen LogP contribution < -0.4 is 10.1 Å². The zero-order valence-corrected chi connectivity index (χ0v) is 13.3. The van der Waals surface area contributed by atoms with Crippen molar-refractivity contribution in [1.82, 2.24) is 5.32 Å². The molecule has 1 heterocycles. The van der Waals surface area contributed by atoms with Gasteiger partial charge >= 0.3 is 0 Å². The lowest BCUT2D eigenvalue weighted by atomic mass is 10.00. The molecule has 110 valence electrons. The van der Waals surface area contributed by atoms with E-state index in [1.807, 2.05) is 30.3 Å². The highest BCUT2D eigenvalue weighted by atomic mass is 79.9. The second kappa shape index (κ2) is 6.60. The fourth-order valence-electron chi connectivity index (χ4n) is 2.66. The third-order valence-electron chi connectivity index (χ3n) is 3.74. The quantitative estimate of drug-likeness (QED) is 0.888. The summed E-state index contributed by atoms with van der Waals surface area (Å²) in [7, 11) is 0. The lowest BCUT2D eigenvalue weighted by Gasteiger charge is -2.27. The Morgan fingerprint density at radius 2 is 2.05 bits per heavy atom. The molecule has 0 bridgehead atoms. The summed E-state index contributed by atoms with van der Waals surface area (Å²) in [5, 5.41) is 12.8. The molecule has 2 N–H and O–H groups in total. The van der Waals surface area contributed by atoms with Crippen LogP contribution in [0, 0.1) is 0 Å². The molecule has 0 radical (unpaired) electrons. The van der Waals surface area contributed by atoms with Gasteiger partial charge in [0.25, 0.3) is 0 Å². The van der Waals surface area contributed by atoms with Gasteiger partial charge in [-0.05, 0) is 29.3 Å². The van der Waals surface area contributed by atoms with Gasteiger partial charge in [-0.15, -0.1) is 0 Å². The van der Waals surface area contributed by atoms with Crippen LogP contribution in [-0.4, -0.2) is 11.7 Å². The first-order valence-corrected chi connectivity index (χ1v) is 7.90. The molecule has 0 fully saturated rings. The van der Waals surface area contributed by atoms with E-state index in [0.717, 1.165) is 35.4 Å². The molecule has 21 heavy (non-hydrogen) atoms. The Labute approximate surface area is 133 Å². The molecule has 0 amide bonds. The Bertz CT molecular complexity index is 630. The van der Waals surface area contributed by atoms with Crippen LogP contribution in [-0.2, 0) is 13.2 Å². The minimum Gasteiger partial charge on any atom is -0.493 e. The van der Waals surface area contributed by atoms with E-state index in [4.69, 9.17) is 4.74 Å². The van der Waals surface area contributed by atoms with Gasteiger partial charge in [-0.3, -0.25) is 0 Å². The third kappa shape index (κ3) is 3.46. The van der Waals surface area contributed by atoms with Crippen LogP contribution in [0.3, 0.4) is 0 Å². The second-order valence-corrected chi connectivity index (χ2v) is 6.15. The number of hydrogen-bond donors (Lipinski definition) is 2. The average Bonchev–Trinajstić information content (AvgIpc) is 2.53. The average molecular weight is 348 g/mol. The molecule has 0 saturated heterocycles. The van der Waals surface area contributed by atoms with Crippen LogP contribution in [0.1, 0.15) is 29.2 Å². The van der Waals surface area contributed by atoms with E-state index in [-0.39, 0.29) is 6.61 Å². The first-order valence-electron chi connectivity index (χ1n) is 7.10. The van der Waals surface area contributed by atoms with E-state index in [1.54, 1.807) is 0 Å². The van der Waals surface area contributed by atoms with Crippen molar-refractivity contribution >= 4 is 15.9 Å². The summed E-state index contributed by atoms with van der Waals surface area (Å²) < 4.78 is 6.77. The number of aliphatic hydroxyl groups is 1. The van der Waals surface area contributed by atoms with Gasteiger partial charge in [0, 0.05) is 29.0 Å². The minimum absolute atomic E-state index is 0.0842. The second-order valence-electron chi connectivity index (χ2n) is 5.23. The molecule has 3 nitrogen and oxygen atoms in total. The molecular formula is C17H18BrNO2. The van der Waals surface area contributed by atoms with Gasteiger partial charge in [-0.25, -0.2) is 0 Å². The standard InChI is InChI=1S/C17H18BrNO2/c18-14-4-5-17-15(9-14)16(6-7-21-17)19-10-12-2-1-3-13(8-12)11-20/h1-5,8-9,16,19-20H,6-7,10-11H2. The van der Waals surface area contributed by atoms with Crippen molar-refractivity contribution in [3.05, 3.63) is 63.6 Å². The molecule has 0 saturated carbocycles. The number of halogens is 1. The lowest BCUT2D eigenvalue weighted by Crippen LogP contribution is -2.26. The van der Waals surface area contributed by atoms with Crippen LogP contribution in [0.15, 0.2) is 46.9 Å². The Morgan fingerprint density at radius 3 is 2.90 bits per heavy atom. The predicted molar refractivity (Wildman–Crippen MR) is 86.2 cm³/mol. The molecular weight excluding hydrogens is 330 g/mol. The maximum atomic E-state index is 9.20. The molecule has 1 aliphatic heterocycles. The van der Waals surface area contributed by atoms with E-state index in [2.05, 4.69) is 33.4 Å². The van der Waals surface area contributed by atoms with E-state index in [0.29, 0.717) is 6.04 Å². The van der Waals surface area contributed by atoms with Crippen LogP contribution in [0.2, 0.25) is 0 Å². The maximum absolute atomic E-state index is 9.20. The fraction of sp³-hybridized carbons (Fsp3) is 0.294. The largest absolute Gasteiger partial charge is 0.493 e. The van der Waals surface area contributed by atoms with Gasteiger partial charge in [0.1, 0.15) is 5.75 Å². The van der Waals surface area contributed by atoms with Crippen LogP contribution >= 0.6 is 15.9 Å². The van der Waals surface area contributed by atoms with Crippen molar-refractivity contribution in [1.29, 1.82) is 0 Å². The first kappa shape index (κ1) is 14.6. The number of fused-ring (bicyclic) bond motifs is 1. The normalized spacial score (nSPS) is 17.1. The predicted octanol–water partition coefficient (Wildman–Crippen LogP) is 3.55. The lowest BCUT2D eigenvalue weighted by molar-refractivity contribution is 0.252. The minimum atomic E-state index is 0.0842. The van der Waals surface area contributed by atoms with E-state index < -0.39 is 0 Å². The highest BCUT2D eigenvalue weighted by Crippen LogP contribution is 2.34. The highest BCUT2D eigenvalue weighted by molar-refractivity contribution is 9.10. The molecule has 1 unspecified atom stereocenters. The zero-order chi connectivity index (χ0) is 14.7. The van der Waals surface area contributed by atoms with E-state index in [9.17, 15) is 5.11 Å². The van der Waals surface area contributed by atoms with Gasteiger partial charge in [0.2, 0.25) is 0 Å². The van der Waals surface area contributed by atoms with Crippen molar-refractivity contribution in [2.45, 2.75) is 25.6 Å². The molecule has 4 heteroatoms. The summed E-state index contributed by atoms with van der Waals surface area (Å²) in [5.41, 5.74) is 3.34. The first-order chi connectivity index (χ1) is 10.3.